The van der Waals surface area contributed by atoms with E-state index in [1.165, 1.54) is 11.1 Å². The van der Waals surface area contributed by atoms with E-state index in [1.54, 1.807) is 0 Å². The fourth-order valence-corrected chi connectivity index (χ4v) is 3.60. The van der Waals surface area contributed by atoms with Crippen LogP contribution in [0.5, 0.6) is 0 Å². The molecule has 2 aromatic carbocycles. The van der Waals surface area contributed by atoms with Gasteiger partial charge in [0.2, 0.25) is 0 Å². The lowest BCUT2D eigenvalue weighted by Crippen LogP contribution is -2.16. The lowest BCUT2D eigenvalue weighted by molar-refractivity contribution is 0.0693. The predicted octanol–water partition coefficient (Wildman–Crippen LogP) is 3.96. The molecule has 0 spiro atoms. The molecule has 0 atom stereocenters. The average Bonchev–Trinajstić information content (AvgIpc) is 2.99. The summed E-state index contributed by atoms with van der Waals surface area (Å²) in [6.07, 6.45) is 3.01. The summed E-state index contributed by atoms with van der Waals surface area (Å²) < 4.78 is 5.34. The SMILES string of the molecule is Cc1ccccc1-c1c(C(=O)O)c(=O)oc2cc3c(cc12)CCC3. The minimum atomic E-state index is -1.26. The molecule has 1 aliphatic carbocycles. The highest BCUT2D eigenvalue weighted by atomic mass is 16.4. The van der Waals surface area contributed by atoms with E-state index < -0.39 is 11.6 Å². The van der Waals surface area contributed by atoms with Gasteiger partial charge in [-0.05, 0) is 60.6 Å². The summed E-state index contributed by atoms with van der Waals surface area (Å²) in [4.78, 5) is 24.1. The quantitative estimate of drug-likeness (QED) is 0.726. The van der Waals surface area contributed by atoms with Gasteiger partial charge in [-0.25, -0.2) is 9.59 Å². The zero-order valence-corrected chi connectivity index (χ0v) is 13.3. The van der Waals surface area contributed by atoms with Crippen LogP contribution in [0.3, 0.4) is 0 Å². The maximum Gasteiger partial charge on any atom is 0.351 e. The summed E-state index contributed by atoms with van der Waals surface area (Å²) in [7, 11) is 0. The number of hydrogen-bond donors (Lipinski definition) is 1. The van der Waals surface area contributed by atoms with Crippen LogP contribution < -0.4 is 5.63 Å². The maximum atomic E-state index is 12.3. The number of aryl methyl sites for hydroxylation is 3. The molecule has 120 valence electrons. The average molecular weight is 320 g/mol. The van der Waals surface area contributed by atoms with Crippen LogP contribution in [0.2, 0.25) is 0 Å². The van der Waals surface area contributed by atoms with E-state index in [-0.39, 0.29) is 5.56 Å². The van der Waals surface area contributed by atoms with Crippen LogP contribution in [0, 0.1) is 6.92 Å². The molecule has 4 rings (SSSR count). The first-order valence-electron chi connectivity index (χ1n) is 7.98. The van der Waals surface area contributed by atoms with Crippen molar-refractivity contribution in [2.75, 3.05) is 0 Å². The van der Waals surface area contributed by atoms with Gasteiger partial charge in [0.1, 0.15) is 5.58 Å². The van der Waals surface area contributed by atoms with Gasteiger partial charge >= 0.3 is 11.6 Å². The predicted molar refractivity (Wildman–Crippen MR) is 91.6 cm³/mol. The highest BCUT2D eigenvalue weighted by Crippen LogP contribution is 2.36. The number of hydrogen-bond acceptors (Lipinski definition) is 3. The number of carbonyl (C=O) groups is 1. The Hall–Kier alpha value is -2.88. The molecule has 0 saturated carbocycles. The molecular formula is C20H16O4. The van der Waals surface area contributed by atoms with Crippen molar-refractivity contribution >= 4 is 16.9 Å². The molecule has 1 aliphatic rings. The van der Waals surface area contributed by atoms with E-state index in [1.807, 2.05) is 43.3 Å². The maximum absolute atomic E-state index is 12.3. The van der Waals surface area contributed by atoms with E-state index in [0.29, 0.717) is 16.5 Å². The van der Waals surface area contributed by atoms with Gasteiger partial charge in [0.25, 0.3) is 0 Å². The van der Waals surface area contributed by atoms with Gasteiger partial charge in [0.15, 0.2) is 5.56 Å². The first-order chi connectivity index (χ1) is 11.6. The van der Waals surface area contributed by atoms with Gasteiger partial charge in [-0.3, -0.25) is 0 Å². The van der Waals surface area contributed by atoms with Crippen molar-refractivity contribution in [1.29, 1.82) is 0 Å². The van der Waals surface area contributed by atoms with Crippen molar-refractivity contribution < 1.29 is 14.3 Å². The monoisotopic (exact) mass is 320 g/mol. The highest BCUT2D eigenvalue weighted by molar-refractivity contribution is 6.06. The van der Waals surface area contributed by atoms with E-state index >= 15 is 0 Å². The normalized spacial score (nSPS) is 13.2. The Morgan fingerprint density at radius 2 is 1.83 bits per heavy atom. The minimum Gasteiger partial charge on any atom is -0.477 e. The van der Waals surface area contributed by atoms with Crippen molar-refractivity contribution in [3.05, 3.63) is 69.1 Å². The molecule has 0 amide bonds. The van der Waals surface area contributed by atoms with Crippen LogP contribution in [0.1, 0.15) is 33.5 Å². The van der Waals surface area contributed by atoms with Crippen LogP contribution in [0.15, 0.2) is 45.6 Å². The van der Waals surface area contributed by atoms with E-state index in [2.05, 4.69) is 0 Å². The van der Waals surface area contributed by atoms with Gasteiger partial charge in [-0.15, -0.1) is 0 Å². The first kappa shape index (κ1) is 14.7. The second-order valence-corrected chi connectivity index (χ2v) is 6.23. The second-order valence-electron chi connectivity index (χ2n) is 6.23. The lowest BCUT2D eigenvalue weighted by Gasteiger charge is -2.13. The molecule has 0 aliphatic heterocycles. The number of rotatable bonds is 2. The van der Waals surface area contributed by atoms with E-state index in [9.17, 15) is 14.7 Å². The Morgan fingerprint density at radius 1 is 1.12 bits per heavy atom. The molecule has 4 nitrogen and oxygen atoms in total. The Bertz CT molecular complexity index is 1040. The Kier molecular flexibility index (Phi) is 3.27. The molecule has 1 heterocycles. The molecule has 24 heavy (non-hydrogen) atoms. The molecule has 0 unspecified atom stereocenters. The molecule has 0 bridgehead atoms. The Balaban J connectivity index is 2.19. The molecule has 0 fully saturated rings. The first-order valence-corrected chi connectivity index (χ1v) is 7.98. The van der Waals surface area contributed by atoms with Crippen molar-refractivity contribution in [3.63, 3.8) is 0 Å². The van der Waals surface area contributed by atoms with Crippen molar-refractivity contribution in [2.24, 2.45) is 0 Å². The topological polar surface area (TPSA) is 67.5 Å². The minimum absolute atomic E-state index is 0.297. The highest BCUT2D eigenvalue weighted by Gasteiger charge is 2.24. The summed E-state index contributed by atoms with van der Waals surface area (Å²) in [5.41, 5.74) is 3.90. The molecule has 0 radical (unpaired) electrons. The van der Waals surface area contributed by atoms with Crippen LogP contribution in [-0.4, -0.2) is 11.1 Å². The Labute approximate surface area is 138 Å². The zero-order valence-electron chi connectivity index (χ0n) is 13.3. The fourth-order valence-electron chi connectivity index (χ4n) is 3.60. The summed E-state index contributed by atoms with van der Waals surface area (Å²) in [5.74, 6) is -1.26. The molecular weight excluding hydrogens is 304 g/mol. The molecule has 4 heteroatoms. The Morgan fingerprint density at radius 3 is 2.54 bits per heavy atom. The summed E-state index contributed by atoms with van der Waals surface area (Å²) in [6, 6.07) is 11.4. The van der Waals surface area contributed by atoms with Crippen molar-refractivity contribution in [1.82, 2.24) is 0 Å². The van der Waals surface area contributed by atoms with Crippen LogP contribution >= 0.6 is 0 Å². The number of fused-ring (bicyclic) bond motifs is 2. The second kappa shape index (κ2) is 5.34. The van der Waals surface area contributed by atoms with Crippen molar-refractivity contribution in [3.8, 4) is 11.1 Å². The lowest BCUT2D eigenvalue weighted by atomic mass is 9.92. The van der Waals surface area contributed by atoms with Gasteiger partial charge in [-0.2, -0.15) is 0 Å². The van der Waals surface area contributed by atoms with Crippen LogP contribution in [-0.2, 0) is 12.8 Å². The third-order valence-electron chi connectivity index (χ3n) is 4.75. The molecule has 3 aromatic rings. The number of aromatic carboxylic acids is 1. The standard InChI is InChI=1S/C20H16O4/c1-11-5-2-3-8-14(11)17-15-9-12-6-4-7-13(12)10-16(15)24-20(23)18(17)19(21)22/h2-3,5,8-10H,4,6-7H2,1H3,(H,21,22). The molecule has 1 N–H and O–H groups in total. The van der Waals surface area contributed by atoms with Crippen LogP contribution in [0.25, 0.3) is 22.1 Å². The number of carboxylic acids is 1. The summed E-state index contributed by atoms with van der Waals surface area (Å²) in [5, 5.41) is 10.3. The summed E-state index contributed by atoms with van der Waals surface area (Å²) >= 11 is 0. The zero-order chi connectivity index (χ0) is 16.8. The third-order valence-corrected chi connectivity index (χ3v) is 4.75. The molecule has 1 aromatic heterocycles. The van der Waals surface area contributed by atoms with Crippen molar-refractivity contribution in [2.45, 2.75) is 26.2 Å². The van der Waals surface area contributed by atoms with E-state index in [4.69, 9.17) is 4.42 Å². The summed E-state index contributed by atoms with van der Waals surface area (Å²) in [6.45, 7) is 1.91. The number of carboxylic acid groups (broad SMARTS) is 1. The van der Waals surface area contributed by atoms with Gasteiger partial charge in [0, 0.05) is 10.9 Å². The fraction of sp³-hybridized carbons (Fsp3) is 0.200. The molecule has 0 saturated heterocycles. The van der Waals surface area contributed by atoms with E-state index in [0.717, 1.165) is 30.4 Å². The van der Waals surface area contributed by atoms with Gasteiger partial charge in [0.05, 0.1) is 0 Å². The largest absolute Gasteiger partial charge is 0.477 e. The van der Waals surface area contributed by atoms with Crippen LogP contribution in [0.4, 0.5) is 0 Å². The smallest absolute Gasteiger partial charge is 0.351 e. The van der Waals surface area contributed by atoms with Gasteiger partial charge < -0.3 is 9.52 Å². The number of benzene rings is 2. The van der Waals surface area contributed by atoms with Gasteiger partial charge in [-0.1, -0.05) is 24.3 Å². The third kappa shape index (κ3) is 2.14.